The highest BCUT2D eigenvalue weighted by molar-refractivity contribution is 4.21. The van der Waals surface area contributed by atoms with Crippen molar-refractivity contribution in [3.8, 4) is 0 Å². The van der Waals surface area contributed by atoms with Crippen molar-refractivity contribution in [1.82, 2.24) is 0 Å². The van der Waals surface area contributed by atoms with Crippen LogP contribution in [0.2, 0.25) is 0 Å². The zero-order valence-electron chi connectivity index (χ0n) is 5.85. The number of rotatable bonds is 3. The molecule has 0 saturated heterocycles. The Morgan fingerprint density at radius 3 is 2.12 bits per heavy atom. The van der Waals surface area contributed by atoms with Crippen LogP contribution in [-0.4, -0.2) is 38.9 Å². The fourth-order valence-corrected chi connectivity index (χ4v) is 0.327. The molecule has 0 aromatic heterocycles. The molecule has 0 aliphatic rings. The van der Waals surface area contributed by atoms with Crippen molar-refractivity contribution in [2.45, 2.75) is 0 Å². The molecule has 8 heavy (non-hydrogen) atoms. The lowest BCUT2D eigenvalue weighted by atomic mass is 10.6. The van der Waals surface area contributed by atoms with Crippen molar-refractivity contribution >= 4 is 0 Å². The predicted octanol–water partition coefficient (Wildman–Crippen LogP) is -0.417. The van der Waals surface area contributed by atoms with E-state index in [1.165, 1.54) is 0 Å². The number of nitrogens with two attached hydrogens (primary N) is 1. The molecule has 0 bridgehead atoms. The quantitative estimate of drug-likeness (QED) is 0.311. The summed E-state index contributed by atoms with van der Waals surface area (Å²) in [6.07, 6.45) is 0. The summed E-state index contributed by atoms with van der Waals surface area (Å²) in [5, 5.41) is 0. The van der Waals surface area contributed by atoms with Crippen LogP contribution in [0.4, 0.5) is 0 Å². The highest BCUT2D eigenvalue weighted by Gasteiger charge is 2.04. The molecular weight excluding hydrogens is 104 g/mol. The van der Waals surface area contributed by atoms with Gasteiger partial charge < -0.3 is 4.74 Å². The smallest absolute Gasteiger partial charge is 0.119 e. The van der Waals surface area contributed by atoms with Crippen molar-refractivity contribution < 1.29 is 9.33 Å². The number of nitrogens with zero attached hydrogens (tertiary/aromatic N) is 1. The molecule has 3 heteroatoms. The first-order valence-electron chi connectivity index (χ1n) is 2.67. The average Bonchev–Trinajstić information content (AvgIpc) is 1.59. The summed E-state index contributed by atoms with van der Waals surface area (Å²) >= 11 is 0. The zero-order valence-corrected chi connectivity index (χ0v) is 5.85. The van der Waals surface area contributed by atoms with E-state index in [9.17, 15) is 0 Å². The third kappa shape index (κ3) is 5.88. The number of ether oxygens (including phenoxy) is 1. The van der Waals surface area contributed by atoms with E-state index in [4.69, 9.17) is 10.6 Å². The summed E-state index contributed by atoms with van der Waals surface area (Å²) in [5.74, 6) is 5.58. The lowest BCUT2D eigenvalue weighted by Gasteiger charge is -2.21. The molecule has 0 rings (SSSR count). The lowest BCUT2D eigenvalue weighted by molar-refractivity contribution is -0.902. The second-order valence-electron chi connectivity index (χ2n) is 2.50. The van der Waals surface area contributed by atoms with E-state index in [0.717, 1.165) is 13.2 Å². The topological polar surface area (TPSA) is 35.2 Å². The number of quaternary nitrogens is 1. The van der Waals surface area contributed by atoms with Crippen molar-refractivity contribution in [1.29, 1.82) is 0 Å². The van der Waals surface area contributed by atoms with Crippen LogP contribution in [0.1, 0.15) is 0 Å². The largest absolute Gasteiger partial charge is 0.379 e. The lowest BCUT2D eigenvalue weighted by Crippen LogP contribution is -2.48. The second-order valence-corrected chi connectivity index (χ2v) is 2.50. The van der Waals surface area contributed by atoms with Gasteiger partial charge >= 0.3 is 0 Å². The molecule has 0 aromatic carbocycles. The average molecular weight is 119 g/mol. The van der Waals surface area contributed by atoms with Gasteiger partial charge in [-0.25, -0.2) is 0 Å². The van der Waals surface area contributed by atoms with Crippen molar-refractivity contribution in [3.05, 3.63) is 0 Å². The van der Waals surface area contributed by atoms with Gasteiger partial charge in [0.2, 0.25) is 0 Å². The maximum Gasteiger partial charge on any atom is 0.119 e. The van der Waals surface area contributed by atoms with Crippen LogP contribution in [-0.2, 0) is 4.74 Å². The minimum atomic E-state index is 0.480. The van der Waals surface area contributed by atoms with Gasteiger partial charge in [0.1, 0.15) is 6.54 Å². The summed E-state index contributed by atoms with van der Waals surface area (Å²) in [4.78, 5) is 0. The molecule has 0 amide bonds. The molecule has 0 radical (unpaired) electrons. The number of hydrogen-bond donors (Lipinski definition) is 1. The van der Waals surface area contributed by atoms with Gasteiger partial charge in [-0.3, -0.25) is 4.59 Å². The van der Waals surface area contributed by atoms with Gasteiger partial charge in [0.25, 0.3) is 0 Å². The Bertz CT molecular complexity index is 57.9. The Labute approximate surface area is 50.6 Å². The highest BCUT2D eigenvalue weighted by Crippen LogP contribution is 1.82. The molecular formula is C5H15N2O+. The van der Waals surface area contributed by atoms with E-state index >= 15 is 0 Å². The molecule has 3 nitrogen and oxygen atoms in total. The maximum atomic E-state index is 5.58. The molecule has 0 aliphatic heterocycles. The van der Waals surface area contributed by atoms with E-state index in [1.807, 2.05) is 14.1 Å². The molecule has 2 N–H and O–H groups in total. The third-order valence-corrected chi connectivity index (χ3v) is 0.872. The van der Waals surface area contributed by atoms with Crippen LogP contribution >= 0.6 is 0 Å². The van der Waals surface area contributed by atoms with E-state index in [0.29, 0.717) is 4.59 Å². The first kappa shape index (κ1) is 7.88. The van der Waals surface area contributed by atoms with Gasteiger partial charge in [0.15, 0.2) is 0 Å². The fraction of sp³-hybridized carbons (Fsp3) is 1.00. The molecule has 50 valence electrons. The van der Waals surface area contributed by atoms with Gasteiger partial charge in [-0.15, -0.1) is 0 Å². The zero-order chi connectivity index (χ0) is 6.62. The second kappa shape index (κ2) is 3.02. The van der Waals surface area contributed by atoms with Crippen LogP contribution in [0.25, 0.3) is 0 Å². The van der Waals surface area contributed by atoms with Gasteiger partial charge in [0.05, 0.1) is 20.7 Å². The van der Waals surface area contributed by atoms with E-state index in [1.54, 1.807) is 7.11 Å². The summed E-state index contributed by atoms with van der Waals surface area (Å²) in [6, 6.07) is 0. The Morgan fingerprint density at radius 1 is 1.50 bits per heavy atom. The molecule has 0 spiro atoms. The molecule has 0 atom stereocenters. The first-order valence-corrected chi connectivity index (χ1v) is 2.67. The van der Waals surface area contributed by atoms with Gasteiger partial charge in [-0.1, -0.05) is 0 Å². The van der Waals surface area contributed by atoms with Gasteiger partial charge in [-0.2, -0.15) is 5.84 Å². The molecule has 0 unspecified atom stereocenters. The van der Waals surface area contributed by atoms with Crippen molar-refractivity contribution in [3.63, 3.8) is 0 Å². The monoisotopic (exact) mass is 119 g/mol. The number of hydrogen-bond acceptors (Lipinski definition) is 2. The third-order valence-electron chi connectivity index (χ3n) is 0.872. The first-order chi connectivity index (χ1) is 3.56. The Balaban J connectivity index is 3.11. The summed E-state index contributed by atoms with van der Waals surface area (Å²) in [6.45, 7) is 1.58. The normalized spacial score (nSPS) is 12.0. The molecule has 0 saturated carbocycles. The minimum Gasteiger partial charge on any atom is -0.379 e. The standard InChI is InChI=1S/C5H15N2O/c1-7(2,6)4-5-8-3/h4-6H2,1-3H3/q+1. The maximum absolute atomic E-state index is 5.58. The van der Waals surface area contributed by atoms with Crippen molar-refractivity contribution in [2.24, 2.45) is 5.84 Å². The van der Waals surface area contributed by atoms with E-state index in [2.05, 4.69) is 0 Å². The Morgan fingerprint density at radius 2 is 2.00 bits per heavy atom. The fourth-order valence-electron chi connectivity index (χ4n) is 0.327. The van der Waals surface area contributed by atoms with Gasteiger partial charge in [-0.05, 0) is 0 Å². The Kier molecular flexibility index (Phi) is 2.97. The van der Waals surface area contributed by atoms with Crippen molar-refractivity contribution in [2.75, 3.05) is 34.4 Å². The van der Waals surface area contributed by atoms with Crippen LogP contribution < -0.4 is 5.84 Å². The molecule has 0 heterocycles. The highest BCUT2D eigenvalue weighted by atomic mass is 16.5. The summed E-state index contributed by atoms with van der Waals surface area (Å²) in [5.41, 5.74) is 0. The summed E-state index contributed by atoms with van der Waals surface area (Å²) in [7, 11) is 5.54. The number of likely N-dealkylation sites (N-methyl/N-ethyl adjacent to an activating group) is 1. The summed E-state index contributed by atoms with van der Waals surface area (Å²) < 4.78 is 5.30. The van der Waals surface area contributed by atoms with Crippen LogP contribution in [0.15, 0.2) is 0 Å². The van der Waals surface area contributed by atoms with Crippen LogP contribution in [0.5, 0.6) is 0 Å². The predicted molar refractivity (Wildman–Crippen MR) is 33.0 cm³/mol. The van der Waals surface area contributed by atoms with Gasteiger partial charge in [0, 0.05) is 7.11 Å². The minimum absolute atomic E-state index is 0.480. The SMILES string of the molecule is COCC[N+](C)(C)N. The molecule has 0 aromatic rings. The van der Waals surface area contributed by atoms with E-state index < -0.39 is 0 Å². The van der Waals surface area contributed by atoms with Crippen LogP contribution in [0, 0.1) is 0 Å². The Hall–Kier alpha value is -0.120. The van der Waals surface area contributed by atoms with E-state index in [-0.39, 0.29) is 0 Å². The number of methoxy groups -OCH3 is 1. The molecule has 0 aliphatic carbocycles. The van der Waals surface area contributed by atoms with Crippen LogP contribution in [0.3, 0.4) is 0 Å². The molecule has 0 fully saturated rings.